The first-order valence-electron chi connectivity index (χ1n) is 6.36. The zero-order valence-electron chi connectivity index (χ0n) is 11.3. The van der Waals surface area contributed by atoms with Crippen molar-refractivity contribution in [3.05, 3.63) is 35.4 Å². The molecule has 0 aliphatic heterocycles. The summed E-state index contributed by atoms with van der Waals surface area (Å²) in [4.78, 5) is 33.8. The van der Waals surface area contributed by atoms with Crippen LogP contribution in [0, 0.1) is 0 Å². The van der Waals surface area contributed by atoms with Gasteiger partial charge < -0.3 is 16.2 Å². The molecule has 1 aromatic carbocycles. The second-order valence-corrected chi connectivity index (χ2v) is 4.50. The van der Waals surface area contributed by atoms with E-state index in [2.05, 4.69) is 5.32 Å². The predicted molar refractivity (Wildman–Crippen MR) is 73.4 cm³/mol. The number of hydrogen-bond acceptors (Lipinski definition) is 3. The van der Waals surface area contributed by atoms with E-state index in [1.165, 1.54) is 12.1 Å². The number of amides is 2. The molecule has 0 aromatic heterocycles. The molecule has 6 heteroatoms. The monoisotopic (exact) mass is 278 g/mol. The average Bonchev–Trinajstić information content (AvgIpc) is 2.38. The quantitative estimate of drug-likeness (QED) is 0.695. The molecule has 20 heavy (non-hydrogen) atoms. The molecule has 6 nitrogen and oxygen atoms in total. The van der Waals surface area contributed by atoms with E-state index in [-0.39, 0.29) is 17.5 Å². The van der Waals surface area contributed by atoms with Gasteiger partial charge in [-0.05, 0) is 24.6 Å². The average molecular weight is 278 g/mol. The number of carboxylic acid groups (broad SMARTS) is 1. The lowest BCUT2D eigenvalue weighted by Crippen LogP contribution is -2.36. The zero-order chi connectivity index (χ0) is 15.1. The molecule has 0 fully saturated rings. The van der Waals surface area contributed by atoms with Gasteiger partial charge >= 0.3 is 5.97 Å². The number of benzene rings is 1. The number of carbonyl (C=O) groups is 3. The Labute approximate surface area is 117 Å². The Bertz CT molecular complexity index is 514. The van der Waals surface area contributed by atoms with Crippen LogP contribution in [0.5, 0.6) is 0 Å². The first-order valence-corrected chi connectivity index (χ1v) is 6.36. The van der Waals surface area contributed by atoms with Crippen LogP contribution in [-0.2, 0) is 4.79 Å². The van der Waals surface area contributed by atoms with Crippen molar-refractivity contribution in [1.82, 2.24) is 5.32 Å². The molecule has 0 radical (unpaired) electrons. The van der Waals surface area contributed by atoms with Crippen LogP contribution in [0.25, 0.3) is 0 Å². The van der Waals surface area contributed by atoms with Gasteiger partial charge in [0.2, 0.25) is 5.91 Å². The van der Waals surface area contributed by atoms with E-state index < -0.39 is 23.8 Å². The van der Waals surface area contributed by atoms with Crippen LogP contribution < -0.4 is 11.1 Å². The maximum Gasteiger partial charge on any atom is 0.305 e. The maximum absolute atomic E-state index is 12.0. The van der Waals surface area contributed by atoms with Crippen molar-refractivity contribution in [3.8, 4) is 0 Å². The molecule has 2 amide bonds. The molecule has 0 aliphatic carbocycles. The second-order valence-electron chi connectivity index (χ2n) is 4.50. The summed E-state index contributed by atoms with van der Waals surface area (Å²) in [5, 5.41) is 11.5. The first kappa shape index (κ1) is 15.7. The lowest BCUT2D eigenvalue weighted by atomic mass is 10.1. The number of nitrogens with two attached hydrogens (primary N) is 1. The summed E-state index contributed by atoms with van der Waals surface area (Å²) in [5.74, 6) is -1.99. The van der Waals surface area contributed by atoms with E-state index in [1.54, 1.807) is 12.1 Å². The van der Waals surface area contributed by atoms with Gasteiger partial charge in [0.05, 0.1) is 6.42 Å². The van der Waals surface area contributed by atoms with Crippen LogP contribution in [0.4, 0.5) is 0 Å². The molecule has 0 heterocycles. The number of carboxylic acids is 1. The lowest BCUT2D eigenvalue weighted by molar-refractivity contribution is -0.137. The number of aliphatic carboxylic acids is 1. The molecule has 108 valence electrons. The predicted octanol–water partition coefficient (Wildman–Crippen LogP) is 1.16. The fraction of sp³-hybridized carbons (Fsp3) is 0.357. The van der Waals surface area contributed by atoms with Crippen molar-refractivity contribution < 1.29 is 19.5 Å². The van der Waals surface area contributed by atoms with Crippen LogP contribution in [0.3, 0.4) is 0 Å². The molecule has 0 aliphatic rings. The van der Waals surface area contributed by atoms with Gasteiger partial charge in [-0.3, -0.25) is 14.4 Å². The molecular formula is C14H18N2O4. The van der Waals surface area contributed by atoms with E-state index in [0.717, 1.165) is 6.42 Å². The molecular weight excluding hydrogens is 260 g/mol. The van der Waals surface area contributed by atoms with Gasteiger partial charge in [-0.2, -0.15) is 0 Å². The Balaban J connectivity index is 2.80. The summed E-state index contributed by atoms with van der Waals surface area (Å²) in [6, 6.07) is 5.58. The van der Waals surface area contributed by atoms with E-state index >= 15 is 0 Å². The smallest absolute Gasteiger partial charge is 0.305 e. The Morgan fingerprint density at radius 1 is 1.30 bits per heavy atom. The Morgan fingerprint density at radius 3 is 2.50 bits per heavy atom. The minimum Gasteiger partial charge on any atom is -0.481 e. The maximum atomic E-state index is 12.0. The Hall–Kier alpha value is -2.37. The minimum absolute atomic E-state index is 0.130. The third-order valence-corrected chi connectivity index (χ3v) is 2.80. The van der Waals surface area contributed by atoms with E-state index in [1.807, 2.05) is 6.92 Å². The summed E-state index contributed by atoms with van der Waals surface area (Å²) >= 11 is 0. The standard InChI is InChI=1S/C14H18N2O4/c1-2-4-11(8-12(17)18)16-14(20)10-6-3-5-9(7-10)13(15)19/h3,5-7,11H,2,4,8H2,1H3,(H2,15,19)(H,16,20)(H,17,18). The van der Waals surface area contributed by atoms with Crippen LogP contribution in [0.2, 0.25) is 0 Å². The van der Waals surface area contributed by atoms with Gasteiger partial charge in [-0.1, -0.05) is 19.4 Å². The Kier molecular flexibility index (Phi) is 5.71. The summed E-state index contributed by atoms with van der Waals surface area (Å²) in [6.45, 7) is 1.91. The molecule has 1 unspecified atom stereocenters. The van der Waals surface area contributed by atoms with Gasteiger partial charge in [-0.15, -0.1) is 0 Å². The zero-order valence-corrected chi connectivity index (χ0v) is 11.3. The van der Waals surface area contributed by atoms with Crippen molar-refractivity contribution in [2.75, 3.05) is 0 Å². The van der Waals surface area contributed by atoms with Crippen LogP contribution >= 0.6 is 0 Å². The van der Waals surface area contributed by atoms with Crippen molar-refractivity contribution in [2.45, 2.75) is 32.2 Å². The summed E-state index contributed by atoms with van der Waals surface area (Å²) in [5.41, 5.74) is 5.67. The highest BCUT2D eigenvalue weighted by atomic mass is 16.4. The fourth-order valence-electron chi connectivity index (χ4n) is 1.87. The van der Waals surface area contributed by atoms with E-state index in [4.69, 9.17) is 10.8 Å². The number of nitrogens with one attached hydrogen (secondary N) is 1. The largest absolute Gasteiger partial charge is 0.481 e. The lowest BCUT2D eigenvalue weighted by Gasteiger charge is -2.16. The molecule has 0 spiro atoms. The number of primary amides is 1. The molecule has 0 saturated heterocycles. The molecule has 1 rings (SSSR count). The van der Waals surface area contributed by atoms with Crippen molar-refractivity contribution in [3.63, 3.8) is 0 Å². The number of rotatable bonds is 7. The highest BCUT2D eigenvalue weighted by Crippen LogP contribution is 2.08. The topological polar surface area (TPSA) is 109 Å². The van der Waals surface area contributed by atoms with Gasteiger partial charge in [-0.25, -0.2) is 0 Å². The van der Waals surface area contributed by atoms with E-state index in [9.17, 15) is 14.4 Å². The summed E-state index contributed by atoms with van der Waals surface area (Å²) in [6.07, 6.45) is 1.21. The van der Waals surface area contributed by atoms with E-state index in [0.29, 0.717) is 6.42 Å². The van der Waals surface area contributed by atoms with Crippen molar-refractivity contribution >= 4 is 17.8 Å². The molecule has 4 N–H and O–H groups in total. The summed E-state index contributed by atoms with van der Waals surface area (Å²) in [7, 11) is 0. The van der Waals surface area contributed by atoms with Gasteiger partial charge in [0.25, 0.3) is 5.91 Å². The number of hydrogen-bond donors (Lipinski definition) is 3. The van der Waals surface area contributed by atoms with Gasteiger partial charge in [0.1, 0.15) is 0 Å². The molecule has 0 bridgehead atoms. The number of carbonyl (C=O) groups excluding carboxylic acids is 2. The summed E-state index contributed by atoms with van der Waals surface area (Å²) < 4.78 is 0. The van der Waals surface area contributed by atoms with Crippen molar-refractivity contribution in [2.24, 2.45) is 5.73 Å². The molecule has 1 atom stereocenters. The SMILES string of the molecule is CCCC(CC(=O)O)NC(=O)c1cccc(C(N)=O)c1. The van der Waals surface area contributed by atoms with Crippen LogP contribution in [-0.4, -0.2) is 28.9 Å². The fourth-order valence-corrected chi connectivity index (χ4v) is 1.87. The third-order valence-electron chi connectivity index (χ3n) is 2.80. The van der Waals surface area contributed by atoms with Gasteiger partial charge in [0, 0.05) is 17.2 Å². The van der Waals surface area contributed by atoms with Crippen molar-refractivity contribution in [1.29, 1.82) is 0 Å². The second kappa shape index (κ2) is 7.28. The Morgan fingerprint density at radius 2 is 1.95 bits per heavy atom. The molecule has 1 aromatic rings. The highest BCUT2D eigenvalue weighted by Gasteiger charge is 2.16. The van der Waals surface area contributed by atoms with Gasteiger partial charge in [0.15, 0.2) is 0 Å². The van der Waals surface area contributed by atoms with Crippen LogP contribution in [0.1, 0.15) is 46.9 Å². The minimum atomic E-state index is -0.963. The first-order chi connectivity index (χ1) is 9.43. The molecule has 0 saturated carbocycles. The highest BCUT2D eigenvalue weighted by molar-refractivity contribution is 5.99. The normalized spacial score (nSPS) is 11.7. The van der Waals surface area contributed by atoms with Crippen LogP contribution in [0.15, 0.2) is 24.3 Å². The third kappa shape index (κ3) is 4.72.